The lowest BCUT2D eigenvalue weighted by Gasteiger charge is -2.03. The van der Waals surface area contributed by atoms with E-state index in [4.69, 9.17) is 40.2 Å². The molecule has 0 amide bonds. The Morgan fingerprint density at radius 1 is 0.533 bits per heavy atom. The van der Waals surface area contributed by atoms with Crippen LogP contribution in [0.4, 0.5) is 0 Å². The lowest BCUT2D eigenvalue weighted by molar-refractivity contribution is -0.137. The van der Waals surface area contributed by atoms with E-state index in [1.54, 1.807) is 0 Å². The zero-order chi connectivity index (χ0) is 23.9. The van der Waals surface area contributed by atoms with Gasteiger partial charge >= 0.3 is 26.8 Å². The van der Waals surface area contributed by atoms with E-state index >= 15 is 0 Å². The number of unbranched alkanes of at least 4 members (excludes halogenated alkanes) is 14. The van der Waals surface area contributed by atoms with Crippen molar-refractivity contribution in [3.8, 4) is 0 Å². The first kappa shape index (κ1) is 33.8. The minimum atomic E-state index is -4.67. The van der Waals surface area contributed by atoms with Crippen LogP contribution in [0.1, 0.15) is 110 Å². The Kier molecular flexibility index (Phi) is 25.8. The highest BCUT2D eigenvalue weighted by atomic mass is 32.3. The second-order valence-corrected chi connectivity index (χ2v) is 8.78. The Hall–Kier alpha value is -0.790. The monoisotopic (exact) mass is 480 g/mol. The number of aliphatic carboxylic acids is 1. The fraction of sp³-hybridized carbons (Fsp3) is 0.944. The number of hydrogen-bond acceptors (Lipinski definition) is 5. The van der Waals surface area contributed by atoms with Crippen LogP contribution >= 0.6 is 0 Å². The van der Waals surface area contributed by atoms with Crippen LogP contribution in [-0.2, 0) is 25.6 Å². The van der Waals surface area contributed by atoms with Crippen LogP contribution in [0.3, 0.4) is 0 Å². The number of carbonyl (C=O) groups is 1. The topological polar surface area (TPSA) is 186 Å². The van der Waals surface area contributed by atoms with Crippen molar-refractivity contribution < 1.29 is 44.9 Å². The van der Waals surface area contributed by atoms with Gasteiger partial charge in [0.15, 0.2) is 0 Å². The van der Waals surface area contributed by atoms with Crippen molar-refractivity contribution in [2.24, 2.45) is 0 Å². The van der Waals surface area contributed by atoms with Crippen molar-refractivity contribution in [3.05, 3.63) is 0 Å². The summed E-state index contributed by atoms with van der Waals surface area (Å²) in [6.45, 7) is 2.27. The first-order valence-corrected chi connectivity index (χ1v) is 13.2. The van der Waals surface area contributed by atoms with Crippen LogP contribution in [0.25, 0.3) is 0 Å². The zero-order valence-electron chi connectivity index (χ0n) is 17.9. The molecule has 0 spiro atoms. The van der Waals surface area contributed by atoms with Crippen LogP contribution in [-0.4, -0.2) is 46.1 Å². The van der Waals surface area contributed by atoms with E-state index in [1.165, 1.54) is 83.5 Å². The van der Waals surface area contributed by atoms with Crippen LogP contribution < -0.4 is 0 Å². The number of hydrogen-bond donors (Lipinski definition) is 5. The molecule has 0 aromatic rings. The summed E-state index contributed by atoms with van der Waals surface area (Å²) in [5.74, 6) is -0.653. The molecular formula is C18H40O10S2. The molecule has 0 heterocycles. The summed E-state index contributed by atoms with van der Waals surface area (Å²) in [7, 11) is -9.33. The molecule has 0 aromatic carbocycles. The summed E-state index contributed by atoms with van der Waals surface area (Å²) >= 11 is 0. The Balaban J connectivity index is -0.000000599. The summed E-state index contributed by atoms with van der Waals surface area (Å²) in [6.07, 6.45) is 20.2. The van der Waals surface area contributed by atoms with Gasteiger partial charge in [0.05, 0.1) is 0 Å². The van der Waals surface area contributed by atoms with Gasteiger partial charge in [-0.05, 0) is 6.42 Å². The second kappa shape index (κ2) is 22.9. The van der Waals surface area contributed by atoms with Crippen molar-refractivity contribution in [2.75, 3.05) is 0 Å². The largest absolute Gasteiger partial charge is 0.481 e. The van der Waals surface area contributed by atoms with Gasteiger partial charge in [-0.15, -0.1) is 0 Å². The van der Waals surface area contributed by atoms with Crippen molar-refractivity contribution in [3.63, 3.8) is 0 Å². The molecule has 0 fully saturated rings. The standard InChI is InChI=1S/C18H36O2.2H2O4S/c1-2-3-4-5-6-7-8-9-10-11-12-13-14-15-16-17-18(19)20;2*1-5(2,3)4/h2-17H2,1H3,(H,19,20);2*(H2,1,2,3,4). The van der Waals surface area contributed by atoms with Gasteiger partial charge in [0, 0.05) is 6.42 Å². The van der Waals surface area contributed by atoms with Crippen LogP contribution in [0.2, 0.25) is 0 Å². The predicted octanol–water partition coefficient (Wildman–Crippen LogP) is 5.03. The molecule has 0 aliphatic rings. The number of carboxylic acid groups (broad SMARTS) is 1. The Bertz CT molecular complexity index is 528. The molecule has 0 aliphatic heterocycles. The molecule has 0 atom stereocenters. The molecule has 0 saturated heterocycles. The van der Waals surface area contributed by atoms with Gasteiger partial charge in [0.25, 0.3) is 0 Å². The maximum atomic E-state index is 10.3. The van der Waals surface area contributed by atoms with E-state index in [0.29, 0.717) is 6.42 Å². The molecule has 0 aliphatic carbocycles. The lowest BCUT2D eigenvalue weighted by atomic mass is 10.0. The van der Waals surface area contributed by atoms with Gasteiger partial charge in [-0.25, -0.2) is 0 Å². The van der Waals surface area contributed by atoms with Crippen LogP contribution in [0, 0.1) is 0 Å². The van der Waals surface area contributed by atoms with E-state index < -0.39 is 26.8 Å². The summed E-state index contributed by atoms with van der Waals surface area (Å²) < 4.78 is 63.2. The molecule has 0 rings (SSSR count). The number of rotatable bonds is 16. The second-order valence-electron chi connectivity index (χ2n) is 6.99. The van der Waals surface area contributed by atoms with Crippen molar-refractivity contribution in [1.29, 1.82) is 0 Å². The van der Waals surface area contributed by atoms with Gasteiger partial charge in [-0.2, -0.15) is 16.8 Å². The molecule has 10 nitrogen and oxygen atoms in total. The van der Waals surface area contributed by atoms with Gasteiger partial charge in [-0.1, -0.05) is 96.8 Å². The molecule has 12 heteroatoms. The average Bonchev–Trinajstić information content (AvgIpc) is 2.55. The van der Waals surface area contributed by atoms with Crippen LogP contribution in [0.5, 0.6) is 0 Å². The lowest BCUT2D eigenvalue weighted by Crippen LogP contribution is -1.93. The van der Waals surface area contributed by atoms with E-state index in [0.717, 1.165) is 12.8 Å². The predicted molar refractivity (Wildman–Crippen MR) is 116 cm³/mol. The molecule has 30 heavy (non-hydrogen) atoms. The minimum absolute atomic E-state index is 0.345. The first-order chi connectivity index (χ1) is 13.8. The van der Waals surface area contributed by atoms with E-state index in [-0.39, 0.29) is 0 Å². The molecule has 184 valence electrons. The Morgan fingerprint density at radius 3 is 0.933 bits per heavy atom. The minimum Gasteiger partial charge on any atom is -0.481 e. The fourth-order valence-corrected chi connectivity index (χ4v) is 2.65. The molecule has 0 radical (unpaired) electrons. The highest BCUT2D eigenvalue weighted by molar-refractivity contribution is 7.80. The maximum Gasteiger partial charge on any atom is 0.394 e. The highest BCUT2D eigenvalue weighted by Gasteiger charge is 1.97. The fourth-order valence-electron chi connectivity index (χ4n) is 2.65. The maximum absolute atomic E-state index is 10.3. The van der Waals surface area contributed by atoms with Crippen molar-refractivity contribution in [1.82, 2.24) is 0 Å². The zero-order valence-corrected chi connectivity index (χ0v) is 19.5. The van der Waals surface area contributed by atoms with Gasteiger partial charge in [-0.3, -0.25) is 23.0 Å². The number of carboxylic acids is 1. The SMILES string of the molecule is CCCCCCCCCCCCCCCCCC(=O)O.O=S(=O)(O)O.O=S(=O)(O)O. The molecule has 0 saturated carbocycles. The summed E-state index contributed by atoms with van der Waals surface area (Å²) in [5.41, 5.74) is 0. The van der Waals surface area contributed by atoms with Crippen molar-refractivity contribution >= 4 is 26.8 Å². The van der Waals surface area contributed by atoms with Gasteiger partial charge < -0.3 is 5.11 Å². The molecule has 0 bridgehead atoms. The smallest absolute Gasteiger partial charge is 0.394 e. The summed E-state index contributed by atoms with van der Waals surface area (Å²) in [5, 5.41) is 8.52. The quantitative estimate of drug-likeness (QED) is 0.148. The van der Waals surface area contributed by atoms with Crippen LogP contribution in [0.15, 0.2) is 0 Å². The molecule has 5 N–H and O–H groups in total. The normalized spacial score (nSPS) is 11.1. The van der Waals surface area contributed by atoms with E-state index in [2.05, 4.69) is 6.92 Å². The Morgan fingerprint density at radius 2 is 0.733 bits per heavy atom. The third-order valence-electron chi connectivity index (χ3n) is 3.99. The van der Waals surface area contributed by atoms with Gasteiger partial charge in [0.1, 0.15) is 0 Å². The third kappa shape index (κ3) is 71.1. The highest BCUT2D eigenvalue weighted by Crippen LogP contribution is 2.13. The molecule has 0 unspecified atom stereocenters. The van der Waals surface area contributed by atoms with E-state index in [9.17, 15) is 4.79 Å². The summed E-state index contributed by atoms with van der Waals surface area (Å²) in [6, 6.07) is 0. The third-order valence-corrected chi connectivity index (χ3v) is 3.99. The molecule has 0 aromatic heterocycles. The summed E-state index contributed by atoms with van der Waals surface area (Å²) in [4.78, 5) is 10.3. The Labute approximate surface area is 181 Å². The van der Waals surface area contributed by atoms with Crippen molar-refractivity contribution in [2.45, 2.75) is 110 Å². The first-order valence-electron chi connectivity index (χ1n) is 10.4. The molecular weight excluding hydrogens is 440 g/mol. The average molecular weight is 481 g/mol. The van der Waals surface area contributed by atoms with E-state index in [1.807, 2.05) is 0 Å². The van der Waals surface area contributed by atoms with Gasteiger partial charge in [0.2, 0.25) is 0 Å².